The van der Waals surface area contributed by atoms with Crippen LogP contribution in [-0.4, -0.2) is 34.6 Å². The molecule has 3 atom stereocenters. The van der Waals surface area contributed by atoms with Crippen molar-refractivity contribution in [3.05, 3.63) is 11.7 Å². The van der Waals surface area contributed by atoms with Gasteiger partial charge in [0.15, 0.2) is 5.82 Å². The Balaban J connectivity index is 1.68. The van der Waals surface area contributed by atoms with Crippen molar-refractivity contribution in [1.82, 2.24) is 10.1 Å². The molecule has 7 heteroatoms. The van der Waals surface area contributed by atoms with Gasteiger partial charge in [-0.15, -0.1) is 0 Å². The molecule has 2 fully saturated rings. The van der Waals surface area contributed by atoms with E-state index < -0.39 is 18.6 Å². The number of ketones is 1. The highest BCUT2D eigenvalue weighted by Crippen LogP contribution is 2.43. The van der Waals surface area contributed by atoms with Crippen molar-refractivity contribution in [3.63, 3.8) is 0 Å². The summed E-state index contributed by atoms with van der Waals surface area (Å²) < 4.78 is 34.7. The molecule has 1 aromatic heterocycles. The van der Waals surface area contributed by atoms with Crippen molar-refractivity contribution < 1.29 is 22.8 Å². The molecule has 98 valence electrons. The molecule has 3 rings (SSSR count). The van der Waals surface area contributed by atoms with Crippen molar-refractivity contribution in [2.45, 2.75) is 50.2 Å². The third kappa shape index (κ3) is 2.03. The Hall–Kier alpha value is -1.37. The summed E-state index contributed by atoms with van der Waals surface area (Å²) in [5.41, 5.74) is 0. The highest BCUT2D eigenvalue weighted by atomic mass is 19.3. The van der Waals surface area contributed by atoms with E-state index in [0.29, 0.717) is 5.82 Å². The molecule has 3 heterocycles. The number of halogens is 2. The van der Waals surface area contributed by atoms with E-state index in [1.54, 1.807) is 0 Å². The van der Waals surface area contributed by atoms with E-state index >= 15 is 0 Å². The van der Waals surface area contributed by atoms with Crippen LogP contribution in [0.25, 0.3) is 0 Å². The summed E-state index contributed by atoms with van der Waals surface area (Å²) in [6, 6.07) is 0. The molecule has 0 spiro atoms. The SMILES string of the molecule is O=C(Cc1nc(C2CC3CCC2O3)no1)C(F)F. The molecular weight excluding hydrogens is 246 g/mol. The van der Waals surface area contributed by atoms with Gasteiger partial charge in [0, 0.05) is 0 Å². The first-order valence-electron chi connectivity index (χ1n) is 5.92. The summed E-state index contributed by atoms with van der Waals surface area (Å²) in [4.78, 5) is 14.9. The second-order valence-corrected chi connectivity index (χ2v) is 4.71. The number of fused-ring (bicyclic) bond motifs is 2. The van der Waals surface area contributed by atoms with Crippen LogP contribution in [-0.2, 0) is 16.0 Å². The molecule has 2 bridgehead atoms. The number of aromatic nitrogens is 2. The largest absolute Gasteiger partial charge is 0.374 e. The number of carbonyl (C=O) groups is 1. The number of hydrogen-bond acceptors (Lipinski definition) is 5. The van der Waals surface area contributed by atoms with Crippen molar-refractivity contribution in [2.75, 3.05) is 0 Å². The molecule has 18 heavy (non-hydrogen) atoms. The van der Waals surface area contributed by atoms with Crippen molar-refractivity contribution in [3.8, 4) is 0 Å². The standard InChI is InChI=1S/C11H12F2N2O3/c12-10(13)7(16)4-9-14-11(15-18-9)6-3-5-1-2-8(6)17-5/h5-6,8,10H,1-4H2. The highest BCUT2D eigenvalue weighted by molar-refractivity contribution is 5.82. The van der Waals surface area contributed by atoms with E-state index in [0.717, 1.165) is 19.3 Å². The van der Waals surface area contributed by atoms with Gasteiger partial charge in [0.2, 0.25) is 11.7 Å². The number of nitrogens with zero attached hydrogens (tertiary/aromatic N) is 2. The summed E-state index contributed by atoms with van der Waals surface area (Å²) in [7, 11) is 0. The van der Waals surface area contributed by atoms with Gasteiger partial charge < -0.3 is 9.26 Å². The minimum Gasteiger partial charge on any atom is -0.374 e. The molecule has 2 aliphatic rings. The number of hydrogen-bond donors (Lipinski definition) is 0. The first kappa shape index (κ1) is 11.7. The monoisotopic (exact) mass is 258 g/mol. The van der Waals surface area contributed by atoms with Crippen LogP contribution in [0.3, 0.4) is 0 Å². The average molecular weight is 258 g/mol. The van der Waals surface area contributed by atoms with E-state index in [9.17, 15) is 13.6 Å². The van der Waals surface area contributed by atoms with Gasteiger partial charge in [0.1, 0.15) is 0 Å². The summed E-state index contributed by atoms with van der Waals surface area (Å²) in [6.07, 6.45) is -0.286. The summed E-state index contributed by atoms with van der Waals surface area (Å²) >= 11 is 0. The summed E-state index contributed by atoms with van der Waals surface area (Å²) in [5.74, 6) is -0.699. The van der Waals surface area contributed by atoms with Gasteiger partial charge in [-0.2, -0.15) is 4.98 Å². The molecule has 2 saturated heterocycles. The maximum absolute atomic E-state index is 12.1. The van der Waals surface area contributed by atoms with Crippen LogP contribution in [0.1, 0.15) is 36.9 Å². The third-order valence-corrected chi connectivity index (χ3v) is 3.49. The van der Waals surface area contributed by atoms with Gasteiger partial charge in [0.05, 0.1) is 24.5 Å². The van der Waals surface area contributed by atoms with E-state index in [1.807, 2.05) is 0 Å². The van der Waals surface area contributed by atoms with Crippen LogP contribution >= 0.6 is 0 Å². The second kappa shape index (κ2) is 4.38. The van der Waals surface area contributed by atoms with Crippen LogP contribution in [0.4, 0.5) is 8.78 Å². The van der Waals surface area contributed by atoms with Gasteiger partial charge >= 0.3 is 0 Å². The summed E-state index contributed by atoms with van der Waals surface area (Å²) in [6.45, 7) is 0. The Labute approximate surface area is 101 Å². The van der Waals surface area contributed by atoms with Crippen molar-refractivity contribution in [1.29, 1.82) is 0 Å². The van der Waals surface area contributed by atoms with E-state index in [2.05, 4.69) is 10.1 Å². The number of ether oxygens (including phenoxy) is 1. The highest BCUT2D eigenvalue weighted by Gasteiger charge is 2.43. The van der Waals surface area contributed by atoms with Gasteiger partial charge in [-0.05, 0) is 19.3 Å². The minimum absolute atomic E-state index is 0.0435. The topological polar surface area (TPSA) is 65.2 Å². The number of carbonyl (C=O) groups excluding carboxylic acids is 1. The Morgan fingerprint density at radius 1 is 1.44 bits per heavy atom. The predicted molar refractivity (Wildman–Crippen MR) is 54.3 cm³/mol. The molecule has 2 aliphatic heterocycles. The lowest BCUT2D eigenvalue weighted by Crippen LogP contribution is -2.16. The van der Waals surface area contributed by atoms with E-state index in [-0.39, 0.29) is 24.0 Å². The molecule has 0 aromatic carbocycles. The maximum atomic E-state index is 12.1. The molecule has 3 unspecified atom stereocenters. The van der Waals surface area contributed by atoms with E-state index in [1.165, 1.54) is 0 Å². The molecule has 0 amide bonds. The Morgan fingerprint density at radius 3 is 2.89 bits per heavy atom. The van der Waals surface area contributed by atoms with E-state index in [4.69, 9.17) is 9.26 Å². The van der Waals surface area contributed by atoms with Gasteiger partial charge in [-0.3, -0.25) is 4.79 Å². The molecule has 0 radical (unpaired) electrons. The van der Waals surface area contributed by atoms with Crippen LogP contribution in [0, 0.1) is 0 Å². The zero-order chi connectivity index (χ0) is 12.7. The number of rotatable bonds is 4. The van der Waals surface area contributed by atoms with Gasteiger partial charge in [-0.25, -0.2) is 8.78 Å². The fraction of sp³-hybridized carbons (Fsp3) is 0.727. The van der Waals surface area contributed by atoms with Gasteiger partial charge in [-0.1, -0.05) is 5.16 Å². The second-order valence-electron chi connectivity index (χ2n) is 4.71. The molecule has 0 N–H and O–H groups in total. The van der Waals surface area contributed by atoms with Gasteiger partial charge in [0.25, 0.3) is 6.43 Å². The first-order valence-corrected chi connectivity index (χ1v) is 5.92. The Kier molecular flexibility index (Phi) is 2.85. The normalized spacial score (nSPS) is 30.3. The molecule has 5 nitrogen and oxygen atoms in total. The lowest BCUT2D eigenvalue weighted by molar-refractivity contribution is -0.129. The minimum atomic E-state index is -2.99. The first-order chi connectivity index (χ1) is 8.63. The molecule has 0 saturated carbocycles. The Bertz CT molecular complexity index is 463. The van der Waals surface area contributed by atoms with Crippen LogP contribution < -0.4 is 0 Å². The smallest absolute Gasteiger partial charge is 0.296 e. The van der Waals surface area contributed by atoms with Crippen LogP contribution in [0.2, 0.25) is 0 Å². The number of alkyl halides is 2. The lowest BCUT2D eigenvalue weighted by atomic mass is 9.89. The molecule has 0 aliphatic carbocycles. The summed E-state index contributed by atoms with van der Waals surface area (Å²) in [5, 5.41) is 3.77. The fourth-order valence-electron chi connectivity index (χ4n) is 2.63. The predicted octanol–water partition coefficient (Wildman–Crippen LogP) is 1.48. The quantitative estimate of drug-likeness (QED) is 0.818. The van der Waals surface area contributed by atoms with Crippen molar-refractivity contribution >= 4 is 5.78 Å². The maximum Gasteiger partial charge on any atom is 0.296 e. The Morgan fingerprint density at radius 2 is 2.28 bits per heavy atom. The lowest BCUT2D eigenvalue weighted by Gasteiger charge is -2.13. The molecule has 1 aromatic rings. The zero-order valence-corrected chi connectivity index (χ0v) is 9.51. The van der Waals surface area contributed by atoms with Crippen LogP contribution in [0.5, 0.6) is 0 Å². The van der Waals surface area contributed by atoms with Crippen molar-refractivity contribution in [2.24, 2.45) is 0 Å². The third-order valence-electron chi connectivity index (χ3n) is 3.49. The fourth-order valence-corrected chi connectivity index (χ4v) is 2.63. The molecular formula is C11H12F2N2O3. The number of Topliss-reactive ketones (excluding diaryl/α,β-unsaturated/α-hetero) is 1. The van der Waals surface area contributed by atoms with Crippen LogP contribution in [0.15, 0.2) is 4.52 Å². The zero-order valence-electron chi connectivity index (χ0n) is 9.51. The average Bonchev–Trinajstić information content (AvgIpc) is 3.03.